The molecule has 0 atom stereocenters. The largest absolute Gasteiger partial charge is 0.493 e. The molecule has 0 fully saturated rings. The molecule has 0 unspecified atom stereocenters. The molecule has 0 bridgehead atoms. The number of hydrogen-bond acceptors (Lipinski definition) is 5. The van der Waals surface area contributed by atoms with Crippen LogP contribution in [0.4, 0.5) is 14.5 Å². The van der Waals surface area contributed by atoms with Gasteiger partial charge in [-0.15, -0.1) is 0 Å². The van der Waals surface area contributed by atoms with Gasteiger partial charge in [0.1, 0.15) is 17.5 Å². The molecule has 1 aromatic carbocycles. The summed E-state index contributed by atoms with van der Waals surface area (Å²) in [5.74, 6) is -2.09. The predicted octanol–water partition coefficient (Wildman–Crippen LogP) is 3.51. The van der Waals surface area contributed by atoms with E-state index in [1.54, 1.807) is 0 Å². The molecule has 0 saturated heterocycles. The third-order valence-electron chi connectivity index (χ3n) is 3.07. The van der Waals surface area contributed by atoms with Gasteiger partial charge in [-0.25, -0.2) is 13.8 Å². The molecule has 0 saturated carbocycles. The number of methoxy groups -OCH3 is 2. The minimum absolute atomic E-state index is 0.00169. The minimum atomic E-state index is -0.886. The van der Waals surface area contributed by atoms with E-state index in [1.807, 2.05) is 6.07 Å². The molecule has 1 N–H and O–H groups in total. The van der Waals surface area contributed by atoms with Crippen LogP contribution < -0.4 is 14.8 Å². The van der Waals surface area contributed by atoms with Crippen LogP contribution >= 0.6 is 11.6 Å². The molecule has 0 aliphatic carbocycles. The number of nitrogens with zero attached hydrogens (tertiary/aromatic N) is 2. The third-order valence-corrected chi connectivity index (χ3v) is 3.43. The lowest BCUT2D eigenvalue weighted by molar-refractivity contribution is 0.360. The van der Waals surface area contributed by atoms with Crippen molar-refractivity contribution in [2.45, 2.75) is 6.54 Å². The fourth-order valence-electron chi connectivity index (χ4n) is 1.87. The first-order chi connectivity index (χ1) is 11.0. The predicted molar refractivity (Wildman–Crippen MR) is 80.8 cm³/mol. The van der Waals surface area contributed by atoms with Gasteiger partial charge < -0.3 is 14.8 Å². The number of halogens is 3. The molecule has 8 heteroatoms. The Kier molecular flexibility index (Phi) is 5.19. The molecule has 120 valence electrons. The highest BCUT2D eigenvalue weighted by Gasteiger charge is 2.20. The number of nitrogens with one attached hydrogen (secondary N) is 1. The number of pyridine rings is 1. The van der Waals surface area contributed by atoms with Gasteiger partial charge in [0, 0.05) is 29.4 Å². The Hall–Kier alpha value is -2.59. The molecule has 23 heavy (non-hydrogen) atoms. The van der Waals surface area contributed by atoms with Crippen LogP contribution in [-0.4, -0.2) is 19.2 Å². The number of hydrogen-bond donors (Lipinski definition) is 1. The van der Waals surface area contributed by atoms with E-state index >= 15 is 0 Å². The van der Waals surface area contributed by atoms with Gasteiger partial charge in [-0.3, -0.25) is 0 Å². The lowest BCUT2D eigenvalue weighted by Crippen LogP contribution is -2.07. The van der Waals surface area contributed by atoms with Gasteiger partial charge in [0.2, 0.25) is 0 Å². The second-order valence-corrected chi connectivity index (χ2v) is 4.82. The quantitative estimate of drug-likeness (QED) is 0.902. The third kappa shape index (κ3) is 3.43. The summed E-state index contributed by atoms with van der Waals surface area (Å²) in [6, 6.07) is 4.34. The van der Waals surface area contributed by atoms with Gasteiger partial charge in [-0.1, -0.05) is 11.6 Å². The Bertz CT molecular complexity index is 750. The fourth-order valence-corrected chi connectivity index (χ4v) is 2.09. The molecule has 0 spiro atoms. The van der Waals surface area contributed by atoms with Crippen molar-refractivity contribution in [1.82, 2.24) is 4.98 Å². The molecule has 5 nitrogen and oxygen atoms in total. The Labute approximate surface area is 136 Å². The Morgan fingerprint density at radius 1 is 1.22 bits per heavy atom. The molecule has 2 aromatic rings. The van der Waals surface area contributed by atoms with E-state index in [1.165, 1.54) is 26.5 Å². The number of anilines is 1. The minimum Gasteiger partial charge on any atom is -0.493 e. The first-order valence-electron chi connectivity index (χ1n) is 6.40. The van der Waals surface area contributed by atoms with Gasteiger partial charge >= 0.3 is 0 Å². The van der Waals surface area contributed by atoms with Crippen LogP contribution in [0.1, 0.15) is 11.3 Å². The van der Waals surface area contributed by atoms with Crippen LogP contribution in [0.15, 0.2) is 18.3 Å². The summed E-state index contributed by atoms with van der Waals surface area (Å²) in [7, 11) is 2.53. The van der Waals surface area contributed by atoms with E-state index < -0.39 is 17.3 Å². The number of nitriles is 1. The summed E-state index contributed by atoms with van der Waals surface area (Å²) in [6.45, 7) is 0.00169. The highest BCUT2D eigenvalue weighted by molar-refractivity contribution is 6.31. The lowest BCUT2D eigenvalue weighted by Gasteiger charge is -2.14. The normalized spacial score (nSPS) is 10.1. The van der Waals surface area contributed by atoms with Crippen LogP contribution in [-0.2, 0) is 6.54 Å². The number of benzene rings is 1. The molecular formula is C15H12ClF2N3O2. The van der Waals surface area contributed by atoms with Crippen LogP contribution in [0, 0.1) is 23.0 Å². The second kappa shape index (κ2) is 7.11. The Morgan fingerprint density at radius 3 is 2.30 bits per heavy atom. The van der Waals surface area contributed by atoms with Crippen LogP contribution in [0.25, 0.3) is 0 Å². The molecule has 1 aromatic heterocycles. The smallest absolute Gasteiger partial charge is 0.191 e. The van der Waals surface area contributed by atoms with Crippen molar-refractivity contribution in [2.24, 2.45) is 0 Å². The average molecular weight is 340 g/mol. The van der Waals surface area contributed by atoms with E-state index in [0.29, 0.717) is 5.56 Å². The zero-order valence-electron chi connectivity index (χ0n) is 12.3. The zero-order valence-corrected chi connectivity index (χ0v) is 13.0. The van der Waals surface area contributed by atoms with E-state index in [0.717, 1.165) is 6.07 Å². The monoisotopic (exact) mass is 339 g/mol. The number of aromatic nitrogens is 1. The SMILES string of the molecule is COc1cc(OC)c(F)c(NCc2cnc(C#N)cc2Cl)c1F. The topological polar surface area (TPSA) is 67.2 Å². The highest BCUT2D eigenvalue weighted by Crippen LogP contribution is 2.35. The maximum atomic E-state index is 14.2. The van der Waals surface area contributed by atoms with Crippen LogP contribution in [0.3, 0.4) is 0 Å². The maximum Gasteiger partial charge on any atom is 0.191 e. The van der Waals surface area contributed by atoms with E-state index in [-0.39, 0.29) is 28.8 Å². The van der Waals surface area contributed by atoms with E-state index in [9.17, 15) is 8.78 Å². The molecule has 0 radical (unpaired) electrons. The second-order valence-electron chi connectivity index (χ2n) is 4.41. The summed E-state index contributed by atoms with van der Waals surface area (Å²) < 4.78 is 38.1. The van der Waals surface area contributed by atoms with Crippen molar-refractivity contribution < 1.29 is 18.3 Å². The summed E-state index contributed by atoms with van der Waals surface area (Å²) in [5.41, 5.74) is 0.229. The fraction of sp³-hybridized carbons (Fsp3) is 0.200. The molecular weight excluding hydrogens is 328 g/mol. The summed E-state index contributed by atoms with van der Waals surface area (Å²) in [6.07, 6.45) is 1.36. The van der Waals surface area contributed by atoms with E-state index in [4.69, 9.17) is 26.3 Å². The first-order valence-corrected chi connectivity index (χ1v) is 6.78. The zero-order chi connectivity index (χ0) is 17.0. The van der Waals surface area contributed by atoms with Crippen molar-refractivity contribution in [3.8, 4) is 17.6 Å². The van der Waals surface area contributed by atoms with Crippen molar-refractivity contribution in [1.29, 1.82) is 5.26 Å². The van der Waals surface area contributed by atoms with Gasteiger partial charge in [0.25, 0.3) is 0 Å². The maximum absolute atomic E-state index is 14.2. The molecule has 1 heterocycles. The van der Waals surface area contributed by atoms with Gasteiger partial charge in [-0.2, -0.15) is 5.26 Å². The van der Waals surface area contributed by atoms with Gasteiger partial charge in [-0.05, 0) is 6.07 Å². The van der Waals surface area contributed by atoms with E-state index in [2.05, 4.69) is 10.3 Å². The van der Waals surface area contributed by atoms with Gasteiger partial charge in [0.15, 0.2) is 23.1 Å². The number of rotatable bonds is 5. The molecule has 2 rings (SSSR count). The highest BCUT2D eigenvalue weighted by atomic mass is 35.5. The standard InChI is InChI=1S/C15H12ClF2N3O2/c1-22-11-4-12(23-2)14(18)15(13(11)17)21-7-8-6-20-9(5-19)3-10(8)16/h3-4,6,21H,7H2,1-2H3. The average Bonchev–Trinajstić information content (AvgIpc) is 2.56. The summed E-state index contributed by atoms with van der Waals surface area (Å²) in [4.78, 5) is 3.86. The molecule has 0 amide bonds. The van der Waals surface area contributed by atoms with Crippen LogP contribution in [0.2, 0.25) is 5.02 Å². The van der Waals surface area contributed by atoms with Crippen molar-refractivity contribution in [3.05, 3.63) is 46.2 Å². The lowest BCUT2D eigenvalue weighted by atomic mass is 10.2. The number of ether oxygens (including phenoxy) is 2. The van der Waals surface area contributed by atoms with Crippen molar-refractivity contribution in [2.75, 3.05) is 19.5 Å². The Balaban J connectivity index is 2.32. The summed E-state index contributed by atoms with van der Waals surface area (Å²) in [5, 5.41) is 11.6. The van der Waals surface area contributed by atoms with Crippen molar-refractivity contribution in [3.63, 3.8) is 0 Å². The molecule has 0 aliphatic heterocycles. The van der Waals surface area contributed by atoms with Crippen LogP contribution in [0.5, 0.6) is 11.5 Å². The first kappa shape index (κ1) is 16.8. The van der Waals surface area contributed by atoms with Crippen molar-refractivity contribution >= 4 is 17.3 Å². The van der Waals surface area contributed by atoms with Gasteiger partial charge in [0.05, 0.1) is 14.2 Å². The summed E-state index contributed by atoms with van der Waals surface area (Å²) >= 11 is 6.00. The molecule has 0 aliphatic rings. The Morgan fingerprint density at radius 2 is 1.83 bits per heavy atom.